The van der Waals surface area contributed by atoms with Crippen LogP contribution >= 0.6 is 0 Å². The highest BCUT2D eigenvalue weighted by atomic mass is 16.6. The van der Waals surface area contributed by atoms with Gasteiger partial charge < -0.3 is 18.6 Å². The molecule has 6 nitrogen and oxygen atoms in total. The molecule has 0 atom stereocenters. The predicted octanol–water partition coefficient (Wildman–Crippen LogP) is 4.01. The summed E-state index contributed by atoms with van der Waals surface area (Å²) in [4.78, 5) is 18.3. The molecule has 25 heavy (non-hydrogen) atoms. The van der Waals surface area contributed by atoms with Gasteiger partial charge in [0.15, 0.2) is 0 Å². The van der Waals surface area contributed by atoms with Gasteiger partial charge in [0.1, 0.15) is 5.76 Å². The maximum absolute atomic E-state index is 12.7. The summed E-state index contributed by atoms with van der Waals surface area (Å²) in [6.45, 7) is 4.90. The van der Waals surface area contributed by atoms with Crippen LogP contribution in [-0.4, -0.2) is 27.1 Å². The fraction of sp³-hybridized carbons (Fsp3) is 0.263. The molecule has 0 unspecified atom stereocenters. The number of aryl methyl sites for hydroxylation is 2. The summed E-state index contributed by atoms with van der Waals surface area (Å²) in [6.07, 6.45) is 6.55. The summed E-state index contributed by atoms with van der Waals surface area (Å²) in [5, 5.41) is 0. The van der Waals surface area contributed by atoms with Crippen molar-refractivity contribution in [2.24, 2.45) is 7.05 Å². The molecular formula is C19H21N3O3. The topological polar surface area (TPSA) is 60.5 Å². The van der Waals surface area contributed by atoms with Gasteiger partial charge in [-0.3, -0.25) is 4.98 Å². The van der Waals surface area contributed by atoms with E-state index in [0.29, 0.717) is 24.7 Å². The highest BCUT2D eigenvalue weighted by Crippen LogP contribution is 2.35. The van der Waals surface area contributed by atoms with Crippen LogP contribution in [0.3, 0.4) is 0 Å². The standard InChI is InChI=1S/C19H21N3O3/c1-4-22(13-15-7-9-20-10-8-15)19(23)25-18-17(14(2)12-21(18)3)16-6-5-11-24-16/h5-12H,4,13H2,1-3H3. The number of carbonyl (C=O) groups is 1. The number of nitrogens with zero attached hydrogens (tertiary/aromatic N) is 3. The van der Waals surface area contributed by atoms with Crippen LogP contribution < -0.4 is 4.74 Å². The zero-order chi connectivity index (χ0) is 17.8. The average molecular weight is 339 g/mol. The lowest BCUT2D eigenvalue weighted by molar-refractivity contribution is 0.149. The molecule has 3 aromatic heterocycles. The first-order valence-corrected chi connectivity index (χ1v) is 8.15. The zero-order valence-electron chi connectivity index (χ0n) is 14.6. The number of hydrogen-bond acceptors (Lipinski definition) is 4. The van der Waals surface area contributed by atoms with Crippen LogP contribution in [0.5, 0.6) is 5.88 Å². The third-order valence-corrected chi connectivity index (χ3v) is 4.03. The molecule has 0 N–H and O–H groups in total. The van der Waals surface area contributed by atoms with Crippen LogP contribution in [0.4, 0.5) is 4.79 Å². The Morgan fingerprint density at radius 1 is 1.32 bits per heavy atom. The van der Waals surface area contributed by atoms with E-state index in [1.807, 2.05) is 51.4 Å². The fourth-order valence-corrected chi connectivity index (χ4v) is 2.76. The average Bonchev–Trinajstić information content (AvgIpc) is 3.22. The summed E-state index contributed by atoms with van der Waals surface area (Å²) >= 11 is 0. The molecule has 0 bridgehead atoms. The van der Waals surface area contributed by atoms with Crippen LogP contribution in [0.25, 0.3) is 11.3 Å². The number of hydrogen-bond donors (Lipinski definition) is 0. The van der Waals surface area contributed by atoms with Gasteiger partial charge in [-0.25, -0.2) is 4.79 Å². The van der Waals surface area contributed by atoms with Gasteiger partial charge in [-0.1, -0.05) is 0 Å². The summed E-state index contributed by atoms with van der Waals surface area (Å²) in [6, 6.07) is 7.44. The van der Waals surface area contributed by atoms with E-state index < -0.39 is 6.09 Å². The molecule has 3 heterocycles. The second-order valence-corrected chi connectivity index (χ2v) is 5.82. The highest BCUT2D eigenvalue weighted by Gasteiger charge is 2.22. The Labute approximate surface area is 146 Å². The molecule has 0 aromatic carbocycles. The van der Waals surface area contributed by atoms with Crippen LogP contribution in [0.1, 0.15) is 18.1 Å². The van der Waals surface area contributed by atoms with E-state index in [1.165, 1.54) is 0 Å². The summed E-state index contributed by atoms with van der Waals surface area (Å²) in [7, 11) is 1.85. The number of pyridine rings is 1. The summed E-state index contributed by atoms with van der Waals surface area (Å²) in [5.74, 6) is 1.16. The Morgan fingerprint density at radius 3 is 2.72 bits per heavy atom. The van der Waals surface area contributed by atoms with Crippen LogP contribution in [-0.2, 0) is 13.6 Å². The molecule has 1 amide bonds. The van der Waals surface area contributed by atoms with E-state index in [-0.39, 0.29) is 0 Å². The normalized spacial score (nSPS) is 10.7. The van der Waals surface area contributed by atoms with Crippen molar-refractivity contribution < 1.29 is 13.9 Å². The van der Waals surface area contributed by atoms with E-state index in [9.17, 15) is 4.79 Å². The van der Waals surface area contributed by atoms with Crippen molar-refractivity contribution >= 4 is 6.09 Å². The third kappa shape index (κ3) is 3.57. The largest absolute Gasteiger partial charge is 0.464 e. The molecule has 6 heteroatoms. The van der Waals surface area contributed by atoms with Crippen molar-refractivity contribution in [2.45, 2.75) is 20.4 Å². The van der Waals surface area contributed by atoms with Crippen LogP contribution in [0.2, 0.25) is 0 Å². The Hall–Kier alpha value is -3.02. The molecule has 0 aliphatic heterocycles. The summed E-state index contributed by atoms with van der Waals surface area (Å²) in [5.41, 5.74) is 2.78. The zero-order valence-corrected chi connectivity index (χ0v) is 14.6. The second kappa shape index (κ2) is 7.25. The van der Waals surface area contributed by atoms with Gasteiger partial charge in [0.25, 0.3) is 0 Å². The minimum atomic E-state index is -0.395. The minimum absolute atomic E-state index is 0.395. The molecule has 0 saturated heterocycles. The molecule has 3 rings (SSSR count). The number of rotatable bonds is 5. The SMILES string of the molecule is CCN(Cc1ccncc1)C(=O)Oc1c(-c2ccco2)c(C)cn1C. The van der Waals surface area contributed by atoms with Crippen molar-refractivity contribution in [1.29, 1.82) is 0 Å². The van der Waals surface area contributed by atoms with Crippen molar-refractivity contribution in [3.63, 3.8) is 0 Å². The number of aromatic nitrogens is 2. The molecular weight excluding hydrogens is 318 g/mol. The van der Waals surface area contributed by atoms with Gasteiger partial charge in [-0.15, -0.1) is 0 Å². The van der Waals surface area contributed by atoms with Crippen LogP contribution in [0.15, 0.2) is 53.5 Å². The van der Waals surface area contributed by atoms with E-state index in [2.05, 4.69) is 4.98 Å². The Morgan fingerprint density at radius 2 is 2.08 bits per heavy atom. The quantitative estimate of drug-likeness (QED) is 0.705. The van der Waals surface area contributed by atoms with Crippen molar-refractivity contribution in [2.75, 3.05) is 6.54 Å². The van der Waals surface area contributed by atoms with Crippen molar-refractivity contribution in [3.8, 4) is 17.2 Å². The third-order valence-electron chi connectivity index (χ3n) is 4.03. The lowest BCUT2D eigenvalue weighted by Crippen LogP contribution is -2.33. The smallest absolute Gasteiger partial charge is 0.416 e. The molecule has 0 fully saturated rings. The highest BCUT2D eigenvalue weighted by molar-refractivity contribution is 5.76. The lowest BCUT2D eigenvalue weighted by Gasteiger charge is -2.20. The van der Waals surface area contributed by atoms with Gasteiger partial charge in [-0.05, 0) is 49.2 Å². The molecule has 0 aliphatic carbocycles. The minimum Gasteiger partial charge on any atom is -0.464 e. The monoisotopic (exact) mass is 339 g/mol. The number of amides is 1. The van der Waals surface area contributed by atoms with E-state index in [1.54, 1.807) is 28.1 Å². The van der Waals surface area contributed by atoms with Gasteiger partial charge in [-0.2, -0.15) is 0 Å². The molecule has 3 aromatic rings. The predicted molar refractivity (Wildman–Crippen MR) is 94.2 cm³/mol. The van der Waals surface area contributed by atoms with Gasteiger partial charge in [0, 0.05) is 38.7 Å². The van der Waals surface area contributed by atoms with Crippen LogP contribution in [0, 0.1) is 6.92 Å². The number of ether oxygens (including phenoxy) is 1. The number of furan rings is 1. The first-order chi connectivity index (χ1) is 12.1. The Balaban J connectivity index is 1.83. The van der Waals surface area contributed by atoms with E-state index >= 15 is 0 Å². The Bertz CT molecular complexity index is 838. The molecule has 0 aliphatic rings. The molecule has 0 spiro atoms. The molecule has 130 valence electrons. The number of carbonyl (C=O) groups excluding carboxylic acids is 1. The summed E-state index contributed by atoms with van der Waals surface area (Å²) < 4.78 is 13.0. The van der Waals surface area contributed by atoms with E-state index in [0.717, 1.165) is 16.7 Å². The Kier molecular flexibility index (Phi) is 4.88. The van der Waals surface area contributed by atoms with Gasteiger partial charge >= 0.3 is 6.09 Å². The lowest BCUT2D eigenvalue weighted by atomic mass is 10.1. The van der Waals surface area contributed by atoms with Crippen molar-refractivity contribution in [1.82, 2.24) is 14.5 Å². The van der Waals surface area contributed by atoms with Gasteiger partial charge in [0.05, 0.1) is 11.8 Å². The molecule has 0 saturated carbocycles. The van der Waals surface area contributed by atoms with Gasteiger partial charge in [0.2, 0.25) is 5.88 Å². The van der Waals surface area contributed by atoms with E-state index in [4.69, 9.17) is 9.15 Å². The second-order valence-electron chi connectivity index (χ2n) is 5.82. The van der Waals surface area contributed by atoms with Crippen molar-refractivity contribution in [3.05, 3.63) is 60.2 Å². The fourth-order valence-electron chi connectivity index (χ4n) is 2.76. The maximum atomic E-state index is 12.7. The maximum Gasteiger partial charge on any atom is 0.416 e. The molecule has 0 radical (unpaired) electrons. The first-order valence-electron chi connectivity index (χ1n) is 8.15. The first kappa shape index (κ1) is 16.8.